The second kappa shape index (κ2) is 5.95. The first-order valence-corrected chi connectivity index (χ1v) is 5.25. The van der Waals surface area contributed by atoms with Crippen LogP contribution in [0, 0.1) is 0 Å². The summed E-state index contributed by atoms with van der Waals surface area (Å²) in [7, 11) is 1.59. The lowest BCUT2D eigenvalue weighted by molar-refractivity contribution is -0.119. The Kier molecular flexibility index (Phi) is 4.88. The van der Waals surface area contributed by atoms with Crippen molar-refractivity contribution < 1.29 is 4.79 Å². The van der Waals surface area contributed by atoms with Crippen molar-refractivity contribution in [2.45, 2.75) is 6.54 Å². The van der Waals surface area contributed by atoms with Crippen LogP contribution in [0.15, 0.2) is 18.2 Å². The fourth-order valence-electron chi connectivity index (χ4n) is 1.08. The van der Waals surface area contributed by atoms with E-state index in [-0.39, 0.29) is 12.5 Å². The van der Waals surface area contributed by atoms with Gasteiger partial charge in [-0.15, -0.1) is 0 Å². The SMILES string of the molecule is CNC(=O)CNCc1cccc(Cl)c1Cl. The first-order valence-electron chi connectivity index (χ1n) is 4.49. The summed E-state index contributed by atoms with van der Waals surface area (Å²) in [4.78, 5) is 10.9. The van der Waals surface area contributed by atoms with Crippen LogP contribution in [0.25, 0.3) is 0 Å². The summed E-state index contributed by atoms with van der Waals surface area (Å²) in [5.74, 6) is -0.0619. The minimum atomic E-state index is -0.0619. The molecule has 0 aliphatic heterocycles. The molecule has 0 fully saturated rings. The predicted molar refractivity (Wildman–Crippen MR) is 62.2 cm³/mol. The summed E-state index contributed by atoms with van der Waals surface area (Å²) in [6.07, 6.45) is 0. The van der Waals surface area contributed by atoms with Gasteiger partial charge >= 0.3 is 0 Å². The van der Waals surface area contributed by atoms with E-state index in [1.807, 2.05) is 12.1 Å². The molecule has 0 saturated heterocycles. The van der Waals surface area contributed by atoms with E-state index in [4.69, 9.17) is 23.2 Å². The Morgan fingerprint density at radius 1 is 1.40 bits per heavy atom. The maximum absolute atomic E-state index is 10.9. The zero-order chi connectivity index (χ0) is 11.3. The molecule has 1 amide bonds. The van der Waals surface area contributed by atoms with Crippen molar-refractivity contribution in [3.8, 4) is 0 Å². The maximum Gasteiger partial charge on any atom is 0.233 e. The first kappa shape index (κ1) is 12.3. The lowest BCUT2D eigenvalue weighted by Crippen LogP contribution is -2.31. The Hall–Kier alpha value is -0.770. The van der Waals surface area contributed by atoms with E-state index in [1.165, 1.54) is 0 Å². The number of likely N-dealkylation sites (N-methyl/N-ethyl adjacent to an activating group) is 1. The molecule has 5 heteroatoms. The third kappa shape index (κ3) is 3.70. The van der Waals surface area contributed by atoms with Crippen LogP contribution in [0.5, 0.6) is 0 Å². The summed E-state index contributed by atoms with van der Waals surface area (Å²) in [6.45, 7) is 0.784. The average Bonchev–Trinajstić information content (AvgIpc) is 2.24. The lowest BCUT2D eigenvalue weighted by Gasteiger charge is -2.06. The van der Waals surface area contributed by atoms with Gasteiger partial charge in [-0.1, -0.05) is 35.3 Å². The van der Waals surface area contributed by atoms with Crippen LogP contribution < -0.4 is 10.6 Å². The number of halogens is 2. The zero-order valence-corrected chi connectivity index (χ0v) is 9.82. The Morgan fingerprint density at radius 3 is 2.80 bits per heavy atom. The third-order valence-electron chi connectivity index (χ3n) is 1.91. The summed E-state index contributed by atoms with van der Waals surface area (Å²) >= 11 is 11.8. The molecule has 0 bridgehead atoms. The zero-order valence-electron chi connectivity index (χ0n) is 8.31. The number of carbonyl (C=O) groups is 1. The summed E-state index contributed by atoms with van der Waals surface area (Å²) in [5.41, 5.74) is 0.882. The van der Waals surface area contributed by atoms with Gasteiger partial charge in [0.15, 0.2) is 0 Å². The third-order valence-corrected chi connectivity index (χ3v) is 2.77. The number of carbonyl (C=O) groups excluding carboxylic acids is 1. The molecule has 0 aliphatic rings. The standard InChI is InChI=1S/C10H12Cl2N2O/c1-13-9(15)6-14-5-7-3-2-4-8(11)10(7)12/h2-4,14H,5-6H2,1H3,(H,13,15). The smallest absolute Gasteiger partial charge is 0.233 e. The van der Waals surface area contributed by atoms with Crippen molar-refractivity contribution in [2.24, 2.45) is 0 Å². The van der Waals surface area contributed by atoms with Crippen LogP contribution in [0.1, 0.15) is 5.56 Å². The van der Waals surface area contributed by atoms with Crippen LogP contribution in [0.4, 0.5) is 0 Å². The van der Waals surface area contributed by atoms with E-state index in [0.29, 0.717) is 16.6 Å². The quantitative estimate of drug-likeness (QED) is 0.852. The van der Waals surface area contributed by atoms with Crippen molar-refractivity contribution in [3.63, 3.8) is 0 Å². The molecule has 0 saturated carbocycles. The molecule has 82 valence electrons. The highest BCUT2D eigenvalue weighted by Crippen LogP contribution is 2.25. The van der Waals surface area contributed by atoms with Crippen LogP contribution in [-0.4, -0.2) is 19.5 Å². The van der Waals surface area contributed by atoms with Crippen LogP contribution >= 0.6 is 23.2 Å². The highest BCUT2D eigenvalue weighted by atomic mass is 35.5. The summed E-state index contributed by atoms with van der Waals surface area (Å²) < 4.78 is 0. The molecule has 0 heterocycles. The van der Waals surface area contributed by atoms with Gasteiger partial charge in [0, 0.05) is 13.6 Å². The van der Waals surface area contributed by atoms with Gasteiger partial charge in [0.2, 0.25) is 5.91 Å². The molecule has 1 aromatic carbocycles. The molecule has 0 aromatic heterocycles. The van der Waals surface area contributed by atoms with Crippen LogP contribution in [0.3, 0.4) is 0 Å². The van der Waals surface area contributed by atoms with Gasteiger partial charge in [0.25, 0.3) is 0 Å². The molecule has 1 rings (SSSR count). The van der Waals surface area contributed by atoms with E-state index in [1.54, 1.807) is 13.1 Å². The van der Waals surface area contributed by atoms with E-state index >= 15 is 0 Å². The summed E-state index contributed by atoms with van der Waals surface area (Å²) in [5, 5.41) is 6.54. The Morgan fingerprint density at radius 2 is 2.13 bits per heavy atom. The Balaban J connectivity index is 2.51. The average molecular weight is 247 g/mol. The molecule has 15 heavy (non-hydrogen) atoms. The van der Waals surface area contributed by atoms with Gasteiger partial charge < -0.3 is 10.6 Å². The maximum atomic E-state index is 10.9. The highest BCUT2D eigenvalue weighted by Gasteiger charge is 2.04. The minimum absolute atomic E-state index is 0.0619. The van der Waals surface area contributed by atoms with Gasteiger partial charge in [-0.25, -0.2) is 0 Å². The molecule has 0 radical (unpaired) electrons. The fourth-order valence-corrected chi connectivity index (χ4v) is 1.47. The minimum Gasteiger partial charge on any atom is -0.358 e. The monoisotopic (exact) mass is 246 g/mol. The van der Waals surface area contributed by atoms with Crippen molar-refractivity contribution >= 4 is 29.1 Å². The predicted octanol–water partition coefficient (Wildman–Crippen LogP) is 1.83. The van der Waals surface area contributed by atoms with Crippen LogP contribution in [0.2, 0.25) is 10.0 Å². The van der Waals surface area contributed by atoms with Crippen molar-refractivity contribution in [2.75, 3.05) is 13.6 Å². The van der Waals surface area contributed by atoms with E-state index in [2.05, 4.69) is 10.6 Å². The number of hydrogen-bond acceptors (Lipinski definition) is 2. The van der Waals surface area contributed by atoms with E-state index in [9.17, 15) is 4.79 Å². The van der Waals surface area contributed by atoms with Gasteiger partial charge in [-0.05, 0) is 11.6 Å². The molecule has 0 aliphatic carbocycles. The van der Waals surface area contributed by atoms with Crippen molar-refractivity contribution in [1.82, 2.24) is 10.6 Å². The van der Waals surface area contributed by atoms with Gasteiger partial charge in [0.1, 0.15) is 0 Å². The van der Waals surface area contributed by atoms with E-state index < -0.39 is 0 Å². The molecule has 0 atom stereocenters. The number of rotatable bonds is 4. The lowest BCUT2D eigenvalue weighted by atomic mass is 10.2. The summed E-state index contributed by atoms with van der Waals surface area (Å²) in [6, 6.07) is 5.42. The second-order valence-electron chi connectivity index (χ2n) is 2.99. The Labute approximate surface area is 98.8 Å². The molecule has 2 N–H and O–H groups in total. The highest BCUT2D eigenvalue weighted by molar-refractivity contribution is 6.42. The number of nitrogens with one attached hydrogen (secondary N) is 2. The normalized spacial score (nSPS) is 10.1. The van der Waals surface area contributed by atoms with Crippen LogP contribution in [-0.2, 0) is 11.3 Å². The molecule has 0 unspecified atom stereocenters. The van der Waals surface area contributed by atoms with Gasteiger partial charge in [-0.2, -0.15) is 0 Å². The van der Waals surface area contributed by atoms with Crippen molar-refractivity contribution in [1.29, 1.82) is 0 Å². The van der Waals surface area contributed by atoms with E-state index in [0.717, 1.165) is 5.56 Å². The molecule has 1 aromatic rings. The fraction of sp³-hybridized carbons (Fsp3) is 0.300. The number of benzene rings is 1. The molecular weight excluding hydrogens is 235 g/mol. The second-order valence-corrected chi connectivity index (χ2v) is 3.77. The molecule has 0 spiro atoms. The molecular formula is C10H12Cl2N2O. The number of hydrogen-bond donors (Lipinski definition) is 2. The molecule has 3 nitrogen and oxygen atoms in total. The number of amides is 1. The van der Waals surface area contributed by atoms with Gasteiger partial charge in [0.05, 0.1) is 16.6 Å². The Bertz CT molecular complexity index is 355. The topological polar surface area (TPSA) is 41.1 Å². The van der Waals surface area contributed by atoms with Crippen molar-refractivity contribution in [3.05, 3.63) is 33.8 Å². The largest absolute Gasteiger partial charge is 0.358 e. The first-order chi connectivity index (χ1) is 7.15. The van der Waals surface area contributed by atoms with Gasteiger partial charge in [-0.3, -0.25) is 4.79 Å².